The third kappa shape index (κ3) is 3.97. The van der Waals surface area contributed by atoms with Crippen LogP contribution < -0.4 is 10.5 Å². The van der Waals surface area contributed by atoms with E-state index in [2.05, 4.69) is 15.0 Å². The van der Waals surface area contributed by atoms with Crippen molar-refractivity contribution in [1.29, 1.82) is 0 Å². The van der Waals surface area contributed by atoms with Gasteiger partial charge in [-0.15, -0.1) is 12.4 Å². The number of piperidine rings is 1. The van der Waals surface area contributed by atoms with Crippen molar-refractivity contribution in [2.45, 2.75) is 25.4 Å². The van der Waals surface area contributed by atoms with Gasteiger partial charge in [-0.3, -0.25) is 4.90 Å². The van der Waals surface area contributed by atoms with Gasteiger partial charge in [-0.25, -0.2) is 0 Å². The molecule has 0 amide bonds. The summed E-state index contributed by atoms with van der Waals surface area (Å²) in [5.74, 6) is 2.05. The number of methoxy groups -OCH3 is 1. The zero-order chi connectivity index (χ0) is 14.7. The van der Waals surface area contributed by atoms with Crippen LogP contribution in [0.4, 0.5) is 0 Å². The molecule has 0 aliphatic carbocycles. The fourth-order valence-electron chi connectivity index (χ4n) is 2.60. The van der Waals surface area contributed by atoms with E-state index in [9.17, 15) is 0 Å². The molecule has 1 saturated heterocycles. The standard InChI is InChI=1S/C15H20N4O2.ClH/c1-20-13-6-4-11(5-7-13)15-17-14(21-18-15)10-19-8-2-3-12(16)9-19;/h4-7,12H,2-3,8-10,16H2,1H3;1H/t12-;/m1./s1. The lowest BCUT2D eigenvalue weighted by molar-refractivity contribution is 0.178. The minimum atomic E-state index is 0. The number of likely N-dealkylation sites (tertiary alicyclic amines) is 1. The molecular weight excluding hydrogens is 304 g/mol. The number of ether oxygens (including phenoxy) is 1. The lowest BCUT2D eigenvalue weighted by Crippen LogP contribution is -2.42. The Morgan fingerprint density at radius 3 is 2.82 bits per heavy atom. The van der Waals surface area contributed by atoms with Crippen molar-refractivity contribution in [3.05, 3.63) is 30.2 Å². The van der Waals surface area contributed by atoms with Gasteiger partial charge in [0.25, 0.3) is 0 Å². The highest BCUT2D eigenvalue weighted by Crippen LogP contribution is 2.20. The van der Waals surface area contributed by atoms with Crippen LogP contribution in [0.2, 0.25) is 0 Å². The fourth-order valence-corrected chi connectivity index (χ4v) is 2.60. The van der Waals surface area contributed by atoms with Gasteiger partial charge in [-0.2, -0.15) is 4.98 Å². The van der Waals surface area contributed by atoms with Gasteiger partial charge in [0.15, 0.2) is 0 Å². The highest BCUT2D eigenvalue weighted by molar-refractivity contribution is 5.85. The summed E-state index contributed by atoms with van der Waals surface area (Å²) in [4.78, 5) is 6.72. The molecule has 1 fully saturated rings. The molecule has 2 N–H and O–H groups in total. The van der Waals surface area contributed by atoms with Crippen molar-refractivity contribution in [3.63, 3.8) is 0 Å². The Kier molecular flexibility index (Phi) is 5.76. The van der Waals surface area contributed by atoms with Crippen LogP contribution in [0, 0.1) is 0 Å². The Morgan fingerprint density at radius 2 is 2.14 bits per heavy atom. The van der Waals surface area contributed by atoms with Gasteiger partial charge in [-0.05, 0) is 43.7 Å². The van der Waals surface area contributed by atoms with Gasteiger partial charge >= 0.3 is 0 Å². The second-order valence-electron chi connectivity index (χ2n) is 5.38. The molecule has 1 aromatic heterocycles. The molecule has 0 unspecified atom stereocenters. The molecule has 1 aliphatic rings. The molecule has 0 saturated carbocycles. The second kappa shape index (κ2) is 7.58. The maximum atomic E-state index is 5.98. The van der Waals surface area contributed by atoms with E-state index in [1.165, 1.54) is 0 Å². The molecule has 2 aromatic rings. The summed E-state index contributed by atoms with van der Waals surface area (Å²) in [6.45, 7) is 2.59. The smallest absolute Gasteiger partial charge is 0.241 e. The Bertz CT molecular complexity index is 587. The summed E-state index contributed by atoms with van der Waals surface area (Å²) in [5.41, 5.74) is 6.90. The quantitative estimate of drug-likeness (QED) is 0.928. The van der Waals surface area contributed by atoms with Crippen LogP contribution in [0.5, 0.6) is 5.75 Å². The molecule has 120 valence electrons. The normalized spacial score (nSPS) is 18.7. The van der Waals surface area contributed by atoms with Crippen LogP contribution in [0.15, 0.2) is 28.8 Å². The average Bonchev–Trinajstić information content (AvgIpc) is 2.96. The maximum absolute atomic E-state index is 5.98. The van der Waals surface area contributed by atoms with E-state index in [-0.39, 0.29) is 18.4 Å². The summed E-state index contributed by atoms with van der Waals surface area (Å²) < 4.78 is 10.5. The monoisotopic (exact) mass is 324 g/mol. The molecule has 6 nitrogen and oxygen atoms in total. The van der Waals surface area contributed by atoms with E-state index < -0.39 is 0 Å². The van der Waals surface area contributed by atoms with Crippen LogP contribution in [-0.4, -0.2) is 41.3 Å². The molecule has 1 atom stereocenters. The molecule has 1 aromatic carbocycles. The third-order valence-electron chi connectivity index (χ3n) is 3.72. The molecule has 0 radical (unpaired) electrons. The first-order valence-electron chi connectivity index (χ1n) is 7.19. The van der Waals surface area contributed by atoms with Crippen LogP contribution in [0.1, 0.15) is 18.7 Å². The average molecular weight is 325 g/mol. The predicted molar refractivity (Wildman–Crippen MR) is 86.0 cm³/mol. The summed E-state index contributed by atoms with van der Waals surface area (Å²) in [5, 5.41) is 4.04. The van der Waals surface area contributed by atoms with Gasteiger partial charge in [0, 0.05) is 18.2 Å². The lowest BCUT2D eigenvalue weighted by Gasteiger charge is -2.29. The van der Waals surface area contributed by atoms with Gasteiger partial charge in [0.2, 0.25) is 11.7 Å². The van der Waals surface area contributed by atoms with Crippen LogP contribution in [-0.2, 0) is 6.54 Å². The SMILES string of the molecule is COc1ccc(-c2noc(CN3CCC[C@@H](N)C3)n2)cc1.Cl. The summed E-state index contributed by atoms with van der Waals surface area (Å²) in [6, 6.07) is 7.86. The third-order valence-corrected chi connectivity index (χ3v) is 3.72. The summed E-state index contributed by atoms with van der Waals surface area (Å²) in [7, 11) is 1.64. The van der Waals surface area contributed by atoms with Gasteiger partial charge in [0.1, 0.15) is 5.75 Å². The number of halogens is 1. The summed E-state index contributed by atoms with van der Waals surface area (Å²) in [6.07, 6.45) is 2.22. The van der Waals surface area contributed by atoms with Crippen molar-refractivity contribution < 1.29 is 9.26 Å². The second-order valence-corrected chi connectivity index (χ2v) is 5.38. The minimum Gasteiger partial charge on any atom is -0.497 e. The number of rotatable bonds is 4. The Labute approximate surface area is 136 Å². The van der Waals surface area contributed by atoms with E-state index in [4.69, 9.17) is 15.0 Å². The molecule has 22 heavy (non-hydrogen) atoms. The molecule has 0 bridgehead atoms. The maximum Gasteiger partial charge on any atom is 0.241 e. The van der Waals surface area contributed by atoms with E-state index in [0.29, 0.717) is 18.3 Å². The van der Waals surface area contributed by atoms with Crippen molar-refractivity contribution in [2.24, 2.45) is 5.73 Å². The highest BCUT2D eigenvalue weighted by atomic mass is 35.5. The van der Waals surface area contributed by atoms with Gasteiger partial charge < -0.3 is 15.0 Å². The molecule has 0 spiro atoms. The van der Waals surface area contributed by atoms with Crippen molar-refractivity contribution in [1.82, 2.24) is 15.0 Å². The van der Waals surface area contributed by atoms with Crippen LogP contribution in [0.25, 0.3) is 11.4 Å². The van der Waals surface area contributed by atoms with E-state index in [0.717, 1.165) is 37.2 Å². The predicted octanol–water partition coefficient (Wildman–Crippen LogP) is 2.09. The first kappa shape index (κ1) is 16.7. The number of nitrogens with two attached hydrogens (primary N) is 1. The molecular formula is C15H21ClN4O2. The topological polar surface area (TPSA) is 77.4 Å². The zero-order valence-electron chi connectivity index (χ0n) is 12.6. The van der Waals surface area contributed by atoms with Crippen molar-refractivity contribution >= 4 is 12.4 Å². The van der Waals surface area contributed by atoms with Crippen LogP contribution in [0.3, 0.4) is 0 Å². The van der Waals surface area contributed by atoms with Gasteiger partial charge in [-0.1, -0.05) is 5.16 Å². The first-order valence-corrected chi connectivity index (χ1v) is 7.19. The lowest BCUT2D eigenvalue weighted by atomic mass is 10.1. The number of hydrogen-bond acceptors (Lipinski definition) is 6. The van der Waals surface area contributed by atoms with E-state index in [1.54, 1.807) is 7.11 Å². The van der Waals surface area contributed by atoms with E-state index >= 15 is 0 Å². The zero-order valence-corrected chi connectivity index (χ0v) is 13.4. The molecule has 7 heteroatoms. The largest absolute Gasteiger partial charge is 0.497 e. The number of nitrogens with zero attached hydrogens (tertiary/aromatic N) is 3. The van der Waals surface area contributed by atoms with Crippen LogP contribution >= 0.6 is 12.4 Å². The van der Waals surface area contributed by atoms with Crippen molar-refractivity contribution in [3.8, 4) is 17.1 Å². The minimum absolute atomic E-state index is 0. The Hall–Kier alpha value is -1.63. The Balaban J connectivity index is 0.00000176. The Morgan fingerprint density at radius 1 is 1.36 bits per heavy atom. The highest BCUT2D eigenvalue weighted by Gasteiger charge is 2.19. The molecule has 3 rings (SSSR count). The fraction of sp³-hybridized carbons (Fsp3) is 0.467. The number of aromatic nitrogens is 2. The van der Waals surface area contributed by atoms with Crippen molar-refractivity contribution in [2.75, 3.05) is 20.2 Å². The van der Waals surface area contributed by atoms with E-state index in [1.807, 2.05) is 24.3 Å². The molecule has 1 aliphatic heterocycles. The number of benzene rings is 1. The molecule has 2 heterocycles. The van der Waals surface area contributed by atoms with Gasteiger partial charge in [0.05, 0.1) is 13.7 Å². The number of hydrogen-bond donors (Lipinski definition) is 1. The summed E-state index contributed by atoms with van der Waals surface area (Å²) >= 11 is 0. The first-order chi connectivity index (χ1) is 10.2.